The molecule has 0 bridgehead atoms. The molecule has 0 atom stereocenters. The monoisotopic (exact) mass is 301 g/mol. The number of hydrogen-bond donors (Lipinski definition) is 1. The van der Waals surface area contributed by atoms with Gasteiger partial charge in [-0.1, -0.05) is 0 Å². The van der Waals surface area contributed by atoms with Gasteiger partial charge in [0.1, 0.15) is 12.4 Å². The number of carbonyl (C=O) groups is 1. The number of nitrogens with zero attached hydrogens (tertiary/aromatic N) is 4. The lowest BCUT2D eigenvalue weighted by atomic mass is 10.2. The topological polar surface area (TPSA) is 64.7 Å². The number of rotatable bonds is 4. The molecule has 0 aromatic carbocycles. The molecule has 21 heavy (non-hydrogen) atoms. The van der Waals surface area contributed by atoms with Crippen molar-refractivity contribution < 1.29 is 4.79 Å². The van der Waals surface area contributed by atoms with Crippen LogP contribution in [-0.2, 0) is 18.4 Å². The van der Waals surface area contributed by atoms with Crippen molar-refractivity contribution in [3.63, 3.8) is 0 Å². The lowest BCUT2D eigenvalue weighted by Crippen LogP contribution is -2.20. The van der Waals surface area contributed by atoms with Crippen molar-refractivity contribution in [2.75, 3.05) is 5.32 Å². The van der Waals surface area contributed by atoms with Gasteiger partial charge in [-0.2, -0.15) is 21.5 Å². The fourth-order valence-electron chi connectivity index (χ4n) is 2.07. The number of nitrogens with one attached hydrogen (secondary N) is 1. The van der Waals surface area contributed by atoms with E-state index in [1.54, 1.807) is 33.9 Å². The summed E-state index contributed by atoms with van der Waals surface area (Å²) in [5.74, 6) is 0.556. The Morgan fingerprint density at radius 2 is 2.24 bits per heavy atom. The van der Waals surface area contributed by atoms with Crippen LogP contribution in [-0.4, -0.2) is 25.5 Å². The van der Waals surface area contributed by atoms with Crippen LogP contribution in [0, 0.1) is 6.92 Å². The van der Waals surface area contributed by atoms with Gasteiger partial charge in [-0.05, 0) is 24.4 Å². The quantitative estimate of drug-likeness (QED) is 0.804. The molecular formula is C14H15N5OS. The van der Waals surface area contributed by atoms with Gasteiger partial charge in [0, 0.05) is 30.3 Å². The molecule has 0 aliphatic carbocycles. The van der Waals surface area contributed by atoms with Crippen LogP contribution in [0.1, 0.15) is 5.69 Å². The SMILES string of the molecule is Cc1cc(NC(=O)Cn2ccc(-c3ccsc3)n2)n(C)n1. The Balaban J connectivity index is 1.66. The van der Waals surface area contributed by atoms with Crippen LogP contribution >= 0.6 is 11.3 Å². The lowest BCUT2D eigenvalue weighted by molar-refractivity contribution is -0.116. The van der Waals surface area contributed by atoms with E-state index in [1.165, 1.54) is 0 Å². The van der Waals surface area contributed by atoms with Crippen LogP contribution in [0.4, 0.5) is 5.82 Å². The number of thiophene rings is 1. The number of aryl methyl sites for hydroxylation is 2. The van der Waals surface area contributed by atoms with E-state index in [9.17, 15) is 4.79 Å². The average Bonchev–Trinajstić information content (AvgIpc) is 3.11. The molecule has 3 heterocycles. The molecule has 0 spiro atoms. The maximum Gasteiger partial charge on any atom is 0.247 e. The summed E-state index contributed by atoms with van der Waals surface area (Å²) in [5.41, 5.74) is 2.81. The second-order valence-electron chi connectivity index (χ2n) is 4.75. The van der Waals surface area contributed by atoms with Gasteiger partial charge in [0.15, 0.2) is 0 Å². The molecule has 7 heteroatoms. The van der Waals surface area contributed by atoms with Gasteiger partial charge >= 0.3 is 0 Å². The molecule has 6 nitrogen and oxygen atoms in total. The molecule has 1 N–H and O–H groups in total. The normalized spacial score (nSPS) is 10.8. The zero-order valence-electron chi connectivity index (χ0n) is 11.8. The molecule has 108 valence electrons. The Bertz CT molecular complexity index is 756. The summed E-state index contributed by atoms with van der Waals surface area (Å²) in [4.78, 5) is 12.0. The lowest BCUT2D eigenvalue weighted by Gasteiger charge is -2.05. The first-order valence-electron chi connectivity index (χ1n) is 6.48. The van der Waals surface area contributed by atoms with Crippen LogP contribution in [0.3, 0.4) is 0 Å². The average molecular weight is 301 g/mol. The van der Waals surface area contributed by atoms with E-state index in [1.807, 2.05) is 35.9 Å². The van der Waals surface area contributed by atoms with Crippen LogP contribution in [0.2, 0.25) is 0 Å². The fourth-order valence-corrected chi connectivity index (χ4v) is 2.72. The predicted octanol–water partition coefficient (Wildman–Crippen LogP) is 2.29. The second kappa shape index (κ2) is 5.53. The zero-order chi connectivity index (χ0) is 14.8. The van der Waals surface area contributed by atoms with Crippen molar-refractivity contribution in [1.82, 2.24) is 19.6 Å². The summed E-state index contributed by atoms with van der Waals surface area (Å²) < 4.78 is 3.28. The molecule has 0 unspecified atom stereocenters. The van der Waals surface area contributed by atoms with E-state index in [0.29, 0.717) is 5.82 Å². The summed E-state index contributed by atoms with van der Waals surface area (Å²) in [5, 5.41) is 15.5. The van der Waals surface area contributed by atoms with E-state index in [0.717, 1.165) is 17.0 Å². The molecule has 1 amide bonds. The highest BCUT2D eigenvalue weighted by atomic mass is 32.1. The third-order valence-electron chi connectivity index (χ3n) is 3.03. The second-order valence-corrected chi connectivity index (χ2v) is 5.53. The van der Waals surface area contributed by atoms with Gasteiger partial charge in [0.2, 0.25) is 5.91 Å². The Kier molecular flexibility index (Phi) is 3.57. The largest absolute Gasteiger partial charge is 0.309 e. The van der Waals surface area contributed by atoms with E-state index < -0.39 is 0 Å². The maximum absolute atomic E-state index is 12.0. The van der Waals surface area contributed by atoms with E-state index >= 15 is 0 Å². The minimum Gasteiger partial charge on any atom is -0.309 e. The Hall–Kier alpha value is -2.41. The highest BCUT2D eigenvalue weighted by Crippen LogP contribution is 2.19. The summed E-state index contributed by atoms with van der Waals surface area (Å²) in [6.45, 7) is 2.06. The molecule has 0 aliphatic rings. The van der Waals surface area contributed by atoms with Crippen molar-refractivity contribution >= 4 is 23.1 Å². The smallest absolute Gasteiger partial charge is 0.247 e. The number of amides is 1. The standard InChI is InChI=1S/C14H15N5OS/c1-10-7-13(18(2)16-10)15-14(20)8-19-5-3-12(17-19)11-4-6-21-9-11/h3-7,9H,8H2,1-2H3,(H,15,20). The van der Waals surface area contributed by atoms with Gasteiger partial charge < -0.3 is 5.32 Å². The van der Waals surface area contributed by atoms with Crippen LogP contribution in [0.5, 0.6) is 0 Å². The molecule has 0 fully saturated rings. The third-order valence-corrected chi connectivity index (χ3v) is 3.72. The van der Waals surface area contributed by atoms with E-state index in [2.05, 4.69) is 15.5 Å². The number of carbonyl (C=O) groups excluding carboxylic acids is 1. The minimum absolute atomic E-state index is 0.127. The zero-order valence-corrected chi connectivity index (χ0v) is 12.6. The molecular weight excluding hydrogens is 286 g/mol. The van der Waals surface area contributed by atoms with Crippen molar-refractivity contribution in [1.29, 1.82) is 0 Å². The van der Waals surface area contributed by atoms with Crippen LogP contribution < -0.4 is 5.32 Å². The summed E-state index contributed by atoms with van der Waals surface area (Å²) in [6, 6.07) is 5.75. The first kappa shape index (κ1) is 13.6. The van der Waals surface area contributed by atoms with Gasteiger partial charge in [0.05, 0.1) is 11.4 Å². The van der Waals surface area contributed by atoms with Gasteiger partial charge in [-0.25, -0.2) is 0 Å². The maximum atomic E-state index is 12.0. The predicted molar refractivity (Wildman–Crippen MR) is 82.1 cm³/mol. The molecule has 3 aromatic heterocycles. The van der Waals surface area contributed by atoms with E-state index in [4.69, 9.17) is 0 Å². The number of aromatic nitrogens is 4. The molecule has 3 rings (SSSR count). The number of anilines is 1. The Labute approximate surface area is 126 Å². The molecule has 0 saturated heterocycles. The van der Waals surface area contributed by atoms with Gasteiger partial charge in [-0.15, -0.1) is 0 Å². The van der Waals surface area contributed by atoms with Crippen LogP contribution in [0.25, 0.3) is 11.3 Å². The van der Waals surface area contributed by atoms with Gasteiger partial charge in [-0.3, -0.25) is 14.2 Å². The first-order valence-corrected chi connectivity index (χ1v) is 7.42. The molecule has 3 aromatic rings. The molecule has 0 aliphatic heterocycles. The highest BCUT2D eigenvalue weighted by Gasteiger charge is 2.09. The Morgan fingerprint density at radius 3 is 2.90 bits per heavy atom. The Morgan fingerprint density at radius 1 is 1.38 bits per heavy atom. The first-order chi connectivity index (χ1) is 10.1. The van der Waals surface area contributed by atoms with Crippen LogP contribution in [0.15, 0.2) is 35.2 Å². The fraction of sp³-hybridized carbons (Fsp3) is 0.214. The highest BCUT2D eigenvalue weighted by molar-refractivity contribution is 7.08. The number of hydrogen-bond acceptors (Lipinski definition) is 4. The third kappa shape index (κ3) is 3.03. The van der Waals surface area contributed by atoms with Crippen molar-refractivity contribution in [3.8, 4) is 11.3 Å². The van der Waals surface area contributed by atoms with E-state index in [-0.39, 0.29) is 12.5 Å². The molecule has 0 saturated carbocycles. The minimum atomic E-state index is -0.127. The molecule has 0 radical (unpaired) electrons. The summed E-state index contributed by atoms with van der Waals surface area (Å²) in [6.07, 6.45) is 1.81. The van der Waals surface area contributed by atoms with Crippen molar-refractivity contribution in [2.45, 2.75) is 13.5 Å². The van der Waals surface area contributed by atoms with Gasteiger partial charge in [0.25, 0.3) is 0 Å². The summed E-state index contributed by atoms with van der Waals surface area (Å²) in [7, 11) is 1.80. The van der Waals surface area contributed by atoms with Crippen molar-refractivity contribution in [2.24, 2.45) is 7.05 Å². The summed E-state index contributed by atoms with van der Waals surface area (Å²) >= 11 is 1.63. The van der Waals surface area contributed by atoms with Crippen molar-refractivity contribution in [3.05, 3.63) is 40.8 Å².